The van der Waals surface area contributed by atoms with Crippen LogP contribution < -0.4 is 9.64 Å². The van der Waals surface area contributed by atoms with Gasteiger partial charge in [-0.2, -0.15) is 0 Å². The second-order valence-corrected chi connectivity index (χ2v) is 7.40. The third-order valence-electron chi connectivity index (χ3n) is 5.05. The van der Waals surface area contributed by atoms with Crippen molar-refractivity contribution in [1.29, 1.82) is 0 Å². The van der Waals surface area contributed by atoms with Crippen molar-refractivity contribution in [3.05, 3.63) is 95.8 Å². The number of carboxylic acids is 1. The zero-order valence-electron chi connectivity index (χ0n) is 17.7. The SMILES string of the molecule is O=C(O)c1[nH]nnc1CN(Cc1ccccc1)c1ccc(-c2ccc(OC(F)(F)F)cc2)cc1. The number of rotatable bonds is 8. The maximum atomic E-state index is 12.4. The lowest BCUT2D eigenvalue weighted by molar-refractivity contribution is -0.274. The fraction of sp³-hybridized carbons (Fsp3) is 0.125. The van der Waals surface area contributed by atoms with E-state index in [0.717, 1.165) is 22.4 Å². The van der Waals surface area contributed by atoms with Gasteiger partial charge < -0.3 is 14.7 Å². The van der Waals surface area contributed by atoms with E-state index in [9.17, 15) is 23.1 Å². The van der Waals surface area contributed by atoms with Crippen LogP contribution in [0.15, 0.2) is 78.9 Å². The lowest BCUT2D eigenvalue weighted by atomic mass is 10.0. The topological polar surface area (TPSA) is 91.3 Å². The van der Waals surface area contributed by atoms with Gasteiger partial charge in [-0.1, -0.05) is 59.8 Å². The minimum Gasteiger partial charge on any atom is -0.476 e. The Kier molecular flexibility index (Phi) is 6.48. The van der Waals surface area contributed by atoms with E-state index in [1.165, 1.54) is 12.1 Å². The molecule has 0 aliphatic carbocycles. The molecule has 3 aromatic carbocycles. The Morgan fingerprint density at radius 2 is 1.53 bits per heavy atom. The summed E-state index contributed by atoms with van der Waals surface area (Å²) >= 11 is 0. The lowest BCUT2D eigenvalue weighted by Gasteiger charge is -2.24. The summed E-state index contributed by atoms with van der Waals surface area (Å²) in [6.45, 7) is 0.700. The van der Waals surface area contributed by atoms with Gasteiger partial charge in [0, 0.05) is 12.2 Å². The molecule has 0 bridgehead atoms. The van der Waals surface area contributed by atoms with Gasteiger partial charge in [0.1, 0.15) is 11.4 Å². The number of hydrogen-bond acceptors (Lipinski definition) is 5. The molecule has 0 atom stereocenters. The molecule has 2 N–H and O–H groups in total. The number of carbonyl (C=O) groups is 1. The molecule has 0 fully saturated rings. The van der Waals surface area contributed by atoms with Crippen LogP contribution in [0.4, 0.5) is 18.9 Å². The molecule has 10 heteroatoms. The first-order chi connectivity index (χ1) is 16.3. The van der Waals surface area contributed by atoms with Crippen molar-refractivity contribution >= 4 is 11.7 Å². The van der Waals surface area contributed by atoms with Crippen molar-refractivity contribution in [2.75, 3.05) is 4.90 Å². The monoisotopic (exact) mass is 468 g/mol. The molecular weight excluding hydrogens is 449 g/mol. The van der Waals surface area contributed by atoms with Crippen LogP contribution in [0, 0.1) is 0 Å². The average molecular weight is 468 g/mol. The van der Waals surface area contributed by atoms with Crippen molar-refractivity contribution < 1.29 is 27.8 Å². The minimum atomic E-state index is -4.74. The molecule has 1 aromatic heterocycles. The normalized spacial score (nSPS) is 11.3. The van der Waals surface area contributed by atoms with Gasteiger partial charge >= 0.3 is 12.3 Å². The molecule has 0 aliphatic heterocycles. The van der Waals surface area contributed by atoms with Crippen molar-refractivity contribution in [1.82, 2.24) is 15.4 Å². The first kappa shape index (κ1) is 22.8. The Morgan fingerprint density at radius 1 is 0.912 bits per heavy atom. The molecule has 7 nitrogen and oxygen atoms in total. The number of hydrogen-bond donors (Lipinski definition) is 2. The number of aromatic amines is 1. The predicted molar refractivity (Wildman–Crippen MR) is 118 cm³/mol. The van der Waals surface area contributed by atoms with Crippen molar-refractivity contribution in [2.24, 2.45) is 0 Å². The quantitative estimate of drug-likeness (QED) is 0.366. The van der Waals surface area contributed by atoms with Crippen LogP contribution in [0.1, 0.15) is 21.7 Å². The molecule has 0 saturated carbocycles. The van der Waals surface area contributed by atoms with E-state index in [0.29, 0.717) is 12.2 Å². The van der Waals surface area contributed by atoms with E-state index < -0.39 is 12.3 Å². The number of H-pyrrole nitrogens is 1. The number of aromatic nitrogens is 3. The summed E-state index contributed by atoms with van der Waals surface area (Å²) in [5.74, 6) is -1.43. The number of alkyl halides is 3. The highest BCUT2D eigenvalue weighted by atomic mass is 19.4. The van der Waals surface area contributed by atoms with Gasteiger partial charge in [-0.3, -0.25) is 5.10 Å². The van der Waals surface area contributed by atoms with Gasteiger partial charge in [0.2, 0.25) is 0 Å². The standard InChI is InChI=1S/C24H19F3N4O3/c25-24(26,27)34-20-12-8-18(9-13-20)17-6-10-19(11-7-17)31(14-16-4-2-1-3-5-16)15-21-22(23(32)33)29-30-28-21/h1-13H,14-15H2,(H,32,33)(H,28,29,30). The molecule has 4 aromatic rings. The van der Waals surface area contributed by atoms with E-state index in [4.69, 9.17) is 0 Å². The summed E-state index contributed by atoms with van der Waals surface area (Å²) < 4.78 is 41.0. The Labute approximate surface area is 192 Å². The number of nitrogens with zero attached hydrogens (tertiary/aromatic N) is 3. The van der Waals surface area contributed by atoms with Gasteiger partial charge in [-0.05, 0) is 41.0 Å². The van der Waals surface area contributed by atoms with Crippen LogP contribution in [0.2, 0.25) is 0 Å². The van der Waals surface area contributed by atoms with Crippen LogP contribution in [0.5, 0.6) is 5.75 Å². The Hall–Kier alpha value is -4.34. The number of ether oxygens (including phenoxy) is 1. The summed E-state index contributed by atoms with van der Waals surface area (Å²) in [6, 6.07) is 22.7. The maximum absolute atomic E-state index is 12.4. The van der Waals surface area contributed by atoms with Crippen LogP contribution >= 0.6 is 0 Å². The first-order valence-electron chi connectivity index (χ1n) is 10.2. The van der Waals surface area contributed by atoms with E-state index in [1.54, 1.807) is 12.1 Å². The third kappa shape index (κ3) is 5.71. The number of halogens is 3. The minimum absolute atomic E-state index is 0.0733. The van der Waals surface area contributed by atoms with E-state index in [2.05, 4.69) is 20.1 Å². The van der Waals surface area contributed by atoms with Crippen LogP contribution in [0.3, 0.4) is 0 Å². The molecular formula is C24H19F3N4O3. The lowest BCUT2D eigenvalue weighted by Crippen LogP contribution is -2.23. The van der Waals surface area contributed by atoms with Crippen molar-refractivity contribution in [2.45, 2.75) is 19.5 Å². The van der Waals surface area contributed by atoms with Crippen LogP contribution in [-0.4, -0.2) is 32.8 Å². The first-order valence-corrected chi connectivity index (χ1v) is 10.2. The molecule has 0 spiro atoms. The summed E-state index contributed by atoms with van der Waals surface area (Å²) in [5, 5.41) is 19.3. The fourth-order valence-electron chi connectivity index (χ4n) is 3.47. The van der Waals surface area contributed by atoms with Gasteiger partial charge in [0.15, 0.2) is 5.69 Å². The molecule has 174 valence electrons. The van der Waals surface area contributed by atoms with E-state index >= 15 is 0 Å². The predicted octanol–water partition coefficient (Wildman–Crippen LogP) is 5.28. The molecule has 34 heavy (non-hydrogen) atoms. The highest BCUT2D eigenvalue weighted by molar-refractivity contribution is 5.86. The zero-order chi connectivity index (χ0) is 24.1. The second-order valence-electron chi connectivity index (χ2n) is 7.40. The Balaban J connectivity index is 1.58. The average Bonchev–Trinajstić information content (AvgIpc) is 3.28. The van der Waals surface area contributed by atoms with Crippen LogP contribution in [-0.2, 0) is 13.1 Å². The molecule has 0 aliphatic rings. The number of nitrogens with one attached hydrogen (secondary N) is 1. The smallest absolute Gasteiger partial charge is 0.476 e. The van der Waals surface area contributed by atoms with Gasteiger partial charge in [-0.25, -0.2) is 4.79 Å². The summed E-state index contributed by atoms with van der Waals surface area (Å²) in [5.41, 5.74) is 3.58. The molecule has 0 radical (unpaired) electrons. The highest BCUT2D eigenvalue weighted by Gasteiger charge is 2.31. The highest BCUT2D eigenvalue weighted by Crippen LogP contribution is 2.29. The molecule has 1 heterocycles. The van der Waals surface area contributed by atoms with E-state index in [1.807, 2.05) is 59.5 Å². The molecule has 0 unspecified atom stereocenters. The van der Waals surface area contributed by atoms with Gasteiger partial charge in [0.05, 0.1) is 6.54 Å². The van der Waals surface area contributed by atoms with Gasteiger partial charge in [-0.15, -0.1) is 18.3 Å². The van der Waals surface area contributed by atoms with Crippen molar-refractivity contribution in [3.63, 3.8) is 0 Å². The summed E-state index contributed by atoms with van der Waals surface area (Å²) in [6.07, 6.45) is -4.74. The molecule has 4 rings (SSSR count). The summed E-state index contributed by atoms with van der Waals surface area (Å²) in [7, 11) is 0. The molecule has 0 amide bonds. The number of benzene rings is 3. The third-order valence-corrected chi connectivity index (χ3v) is 5.05. The van der Waals surface area contributed by atoms with E-state index in [-0.39, 0.29) is 18.0 Å². The Morgan fingerprint density at radius 3 is 2.12 bits per heavy atom. The van der Waals surface area contributed by atoms with Crippen LogP contribution in [0.25, 0.3) is 11.1 Å². The number of aromatic carboxylic acids is 1. The zero-order valence-corrected chi connectivity index (χ0v) is 17.7. The second kappa shape index (κ2) is 9.65. The largest absolute Gasteiger partial charge is 0.573 e. The maximum Gasteiger partial charge on any atom is 0.573 e. The number of carboxylic acid groups (broad SMARTS) is 1. The molecule has 0 saturated heterocycles. The fourth-order valence-corrected chi connectivity index (χ4v) is 3.47. The van der Waals surface area contributed by atoms with Crippen molar-refractivity contribution in [3.8, 4) is 16.9 Å². The number of anilines is 1. The Bertz CT molecular complexity index is 1240. The summed E-state index contributed by atoms with van der Waals surface area (Å²) in [4.78, 5) is 13.4. The van der Waals surface area contributed by atoms with Gasteiger partial charge in [0.25, 0.3) is 0 Å².